The molecule has 0 amide bonds. The van der Waals surface area contributed by atoms with E-state index < -0.39 is 10.0 Å². The molecule has 0 spiro atoms. The van der Waals surface area contributed by atoms with Gasteiger partial charge in [-0.05, 0) is 49.8 Å². The van der Waals surface area contributed by atoms with Crippen LogP contribution >= 0.6 is 11.6 Å². The first-order valence-corrected chi connectivity index (χ1v) is 9.39. The van der Waals surface area contributed by atoms with E-state index in [-0.39, 0.29) is 16.6 Å². The van der Waals surface area contributed by atoms with Crippen LogP contribution in [0, 0.1) is 5.92 Å². The summed E-state index contributed by atoms with van der Waals surface area (Å²) in [6, 6.07) is 4.77. The number of fused-ring (bicyclic) bond motifs is 1. The summed E-state index contributed by atoms with van der Waals surface area (Å²) in [7, 11) is -3.53. The molecule has 2 fully saturated rings. The number of halogens is 1. The Kier molecular flexibility index (Phi) is 4.17. The van der Waals surface area contributed by atoms with Crippen LogP contribution in [0.3, 0.4) is 0 Å². The van der Waals surface area contributed by atoms with Gasteiger partial charge >= 0.3 is 0 Å². The lowest BCUT2D eigenvalue weighted by atomic mass is 9.79. The van der Waals surface area contributed by atoms with E-state index in [1.165, 1.54) is 18.6 Å². The Morgan fingerprint density at radius 2 is 1.86 bits per heavy atom. The maximum atomic E-state index is 13.0. The monoisotopic (exact) mass is 328 g/mol. The highest BCUT2D eigenvalue weighted by Gasteiger charge is 2.40. The lowest BCUT2D eigenvalue weighted by Gasteiger charge is -2.43. The summed E-state index contributed by atoms with van der Waals surface area (Å²) in [5.74, 6) is 0.510. The second kappa shape index (κ2) is 5.78. The van der Waals surface area contributed by atoms with Crippen molar-refractivity contribution in [1.29, 1.82) is 0 Å². The van der Waals surface area contributed by atoms with E-state index in [1.807, 2.05) is 0 Å². The van der Waals surface area contributed by atoms with Gasteiger partial charge in [0, 0.05) is 17.6 Å². The number of nitrogen functional groups attached to an aromatic ring is 1. The Balaban J connectivity index is 1.96. The first-order valence-electron chi connectivity index (χ1n) is 7.57. The number of benzene rings is 1. The van der Waals surface area contributed by atoms with Gasteiger partial charge in [0.05, 0.1) is 5.69 Å². The minimum atomic E-state index is -3.53. The van der Waals surface area contributed by atoms with Crippen molar-refractivity contribution in [3.63, 3.8) is 0 Å². The predicted molar refractivity (Wildman–Crippen MR) is 84.7 cm³/mol. The Labute approximate surface area is 131 Å². The molecule has 116 valence electrons. The number of anilines is 1. The summed E-state index contributed by atoms with van der Waals surface area (Å²) in [5, 5.41) is 0.459. The summed E-state index contributed by atoms with van der Waals surface area (Å²) < 4.78 is 27.6. The molecule has 0 unspecified atom stereocenters. The first kappa shape index (κ1) is 15.1. The Bertz CT molecular complexity index is 631. The zero-order valence-electron chi connectivity index (χ0n) is 12.0. The van der Waals surface area contributed by atoms with E-state index >= 15 is 0 Å². The molecular weight excluding hydrogens is 308 g/mol. The number of hydrogen-bond acceptors (Lipinski definition) is 3. The van der Waals surface area contributed by atoms with Crippen LogP contribution in [0.25, 0.3) is 0 Å². The lowest BCUT2D eigenvalue weighted by Crippen LogP contribution is -2.49. The highest BCUT2D eigenvalue weighted by atomic mass is 35.5. The van der Waals surface area contributed by atoms with Crippen LogP contribution < -0.4 is 5.73 Å². The van der Waals surface area contributed by atoms with Gasteiger partial charge in [-0.15, -0.1) is 0 Å². The van der Waals surface area contributed by atoms with Crippen molar-refractivity contribution in [3.8, 4) is 0 Å². The average Bonchev–Trinajstić information content (AvgIpc) is 2.46. The van der Waals surface area contributed by atoms with Gasteiger partial charge in [-0.1, -0.05) is 24.4 Å². The third-order valence-electron chi connectivity index (χ3n) is 4.75. The number of sulfonamides is 1. The normalized spacial score (nSPS) is 27.3. The zero-order chi connectivity index (χ0) is 15.0. The van der Waals surface area contributed by atoms with Crippen molar-refractivity contribution in [2.45, 2.75) is 49.5 Å². The lowest BCUT2D eigenvalue weighted by molar-refractivity contribution is 0.129. The quantitative estimate of drug-likeness (QED) is 0.847. The number of piperidine rings is 1. The number of rotatable bonds is 2. The standard InChI is InChI=1S/C15H21ClN2O2S/c16-12-7-8-15(13(17)10-12)21(19,20)18-9-3-5-11-4-1-2-6-14(11)18/h7-8,10-11,14H,1-6,9,17H2/t11-,14-/m1/s1. The van der Waals surface area contributed by atoms with Crippen molar-refractivity contribution >= 4 is 27.3 Å². The van der Waals surface area contributed by atoms with Crippen LogP contribution in [0.5, 0.6) is 0 Å². The summed E-state index contributed by atoms with van der Waals surface area (Å²) in [6.07, 6.45) is 6.53. The van der Waals surface area contributed by atoms with Gasteiger partial charge in [0.25, 0.3) is 0 Å². The highest BCUT2D eigenvalue weighted by Crippen LogP contribution is 2.39. The Hall–Kier alpha value is -0.780. The van der Waals surface area contributed by atoms with Crippen molar-refractivity contribution in [1.82, 2.24) is 4.31 Å². The van der Waals surface area contributed by atoms with E-state index in [1.54, 1.807) is 10.4 Å². The van der Waals surface area contributed by atoms with Gasteiger partial charge in [0.15, 0.2) is 0 Å². The zero-order valence-corrected chi connectivity index (χ0v) is 13.5. The van der Waals surface area contributed by atoms with Crippen molar-refractivity contribution in [2.24, 2.45) is 5.92 Å². The molecule has 1 saturated carbocycles. The molecule has 1 aliphatic carbocycles. The van der Waals surface area contributed by atoms with Crippen molar-refractivity contribution in [3.05, 3.63) is 23.2 Å². The molecule has 0 radical (unpaired) electrons. The summed E-state index contributed by atoms with van der Waals surface area (Å²) in [6.45, 7) is 0.603. The van der Waals surface area contributed by atoms with Gasteiger partial charge in [-0.2, -0.15) is 4.31 Å². The summed E-state index contributed by atoms with van der Waals surface area (Å²) in [5.41, 5.74) is 6.13. The molecule has 4 nitrogen and oxygen atoms in total. The van der Waals surface area contributed by atoms with E-state index in [0.29, 0.717) is 17.5 Å². The van der Waals surface area contributed by atoms with Crippen LogP contribution in [0.4, 0.5) is 5.69 Å². The molecule has 1 aromatic rings. The molecule has 1 saturated heterocycles. The molecule has 1 aliphatic heterocycles. The van der Waals surface area contributed by atoms with E-state index in [9.17, 15) is 8.42 Å². The fourth-order valence-corrected chi connectivity index (χ4v) is 5.79. The maximum absolute atomic E-state index is 13.0. The van der Waals surface area contributed by atoms with E-state index in [2.05, 4.69) is 0 Å². The summed E-state index contributed by atoms with van der Waals surface area (Å²) >= 11 is 5.88. The molecule has 0 bridgehead atoms. The minimum absolute atomic E-state index is 0.146. The van der Waals surface area contributed by atoms with Crippen LogP contribution in [0.2, 0.25) is 5.02 Å². The third kappa shape index (κ3) is 2.79. The van der Waals surface area contributed by atoms with Crippen LogP contribution in [0.15, 0.2) is 23.1 Å². The van der Waals surface area contributed by atoms with Crippen LogP contribution in [-0.2, 0) is 10.0 Å². The second-order valence-electron chi connectivity index (χ2n) is 6.05. The van der Waals surface area contributed by atoms with Crippen molar-refractivity contribution < 1.29 is 8.42 Å². The predicted octanol–water partition coefficient (Wildman–Crippen LogP) is 3.27. The molecule has 3 rings (SSSR count). The van der Waals surface area contributed by atoms with E-state index in [0.717, 1.165) is 32.1 Å². The molecule has 2 atom stereocenters. The molecule has 2 N–H and O–H groups in total. The van der Waals surface area contributed by atoms with Crippen LogP contribution in [-0.4, -0.2) is 25.3 Å². The third-order valence-corrected chi connectivity index (χ3v) is 6.98. The molecule has 21 heavy (non-hydrogen) atoms. The number of nitrogens with zero attached hydrogens (tertiary/aromatic N) is 1. The topological polar surface area (TPSA) is 63.4 Å². The highest BCUT2D eigenvalue weighted by molar-refractivity contribution is 7.89. The maximum Gasteiger partial charge on any atom is 0.245 e. The van der Waals surface area contributed by atoms with Gasteiger partial charge in [0.2, 0.25) is 10.0 Å². The number of hydrogen-bond donors (Lipinski definition) is 1. The molecule has 0 aromatic heterocycles. The van der Waals surface area contributed by atoms with E-state index in [4.69, 9.17) is 17.3 Å². The molecule has 6 heteroatoms. The van der Waals surface area contributed by atoms with Gasteiger partial charge in [-0.25, -0.2) is 8.42 Å². The second-order valence-corrected chi connectivity index (χ2v) is 8.35. The van der Waals surface area contributed by atoms with Gasteiger partial charge in [-0.3, -0.25) is 0 Å². The number of nitrogens with two attached hydrogens (primary N) is 1. The molecule has 1 aromatic carbocycles. The Morgan fingerprint density at radius 1 is 1.14 bits per heavy atom. The van der Waals surface area contributed by atoms with Crippen LogP contribution in [0.1, 0.15) is 38.5 Å². The largest absolute Gasteiger partial charge is 0.398 e. The SMILES string of the molecule is Nc1cc(Cl)ccc1S(=O)(=O)N1CCC[C@H]2CCCC[C@H]21. The fourth-order valence-electron chi connectivity index (χ4n) is 3.76. The molecule has 1 heterocycles. The molecule has 2 aliphatic rings. The minimum Gasteiger partial charge on any atom is -0.398 e. The first-order chi connectivity index (χ1) is 10.00. The van der Waals surface area contributed by atoms with Crippen molar-refractivity contribution in [2.75, 3.05) is 12.3 Å². The molecular formula is C15H21ClN2O2S. The summed E-state index contributed by atoms with van der Waals surface area (Å²) in [4.78, 5) is 0.193. The Morgan fingerprint density at radius 3 is 2.62 bits per heavy atom. The van der Waals surface area contributed by atoms with Gasteiger partial charge < -0.3 is 5.73 Å². The fraction of sp³-hybridized carbons (Fsp3) is 0.600. The van der Waals surface area contributed by atoms with Gasteiger partial charge in [0.1, 0.15) is 4.90 Å². The average molecular weight is 329 g/mol. The smallest absolute Gasteiger partial charge is 0.245 e.